The number of aryl methyl sites for hydroxylation is 1. The number of nitrogens with zero attached hydrogens (tertiary/aromatic N) is 1. The Morgan fingerprint density at radius 1 is 1.04 bits per heavy atom. The SMILES string of the molecule is Cc1cc(C(=O)COC(=O)c2ccc(O)cc2)c(C)n1Cc1ccc(F)cc1. The van der Waals surface area contributed by atoms with Gasteiger partial charge in [0.05, 0.1) is 5.56 Å². The number of carbonyl (C=O) groups is 2. The molecule has 3 rings (SSSR count). The number of Topliss-reactive ketones (excluding diaryl/α,β-unsaturated/α-hetero) is 1. The lowest BCUT2D eigenvalue weighted by atomic mass is 10.1. The number of rotatable bonds is 6. The summed E-state index contributed by atoms with van der Waals surface area (Å²) in [6, 6.07) is 13.6. The van der Waals surface area contributed by atoms with Crippen LogP contribution in [-0.2, 0) is 11.3 Å². The summed E-state index contributed by atoms with van der Waals surface area (Å²) in [5.41, 5.74) is 3.30. The minimum Gasteiger partial charge on any atom is -0.508 e. The molecule has 0 aliphatic heterocycles. The maximum atomic E-state index is 13.1. The quantitative estimate of drug-likeness (QED) is 0.517. The molecule has 1 N–H and O–H groups in total. The molecule has 0 saturated carbocycles. The number of carbonyl (C=O) groups excluding carboxylic acids is 2. The molecule has 6 heteroatoms. The Kier molecular flexibility index (Phi) is 5.59. The maximum Gasteiger partial charge on any atom is 0.338 e. The predicted octanol–water partition coefficient (Wildman–Crippen LogP) is 4.04. The predicted molar refractivity (Wildman–Crippen MR) is 102 cm³/mol. The normalized spacial score (nSPS) is 10.7. The summed E-state index contributed by atoms with van der Waals surface area (Å²) in [6.45, 7) is 3.85. The number of benzene rings is 2. The molecule has 2 aromatic carbocycles. The molecule has 28 heavy (non-hydrogen) atoms. The van der Waals surface area contributed by atoms with Crippen LogP contribution in [0.5, 0.6) is 5.75 Å². The van der Waals surface area contributed by atoms with Gasteiger partial charge < -0.3 is 14.4 Å². The Bertz CT molecular complexity index is 1000. The standard InChI is InChI=1S/C22H20FNO4/c1-14-11-20(15(2)24(14)12-16-3-7-18(23)8-4-16)21(26)13-28-22(27)17-5-9-19(25)10-6-17/h3-11,25H,12-13H2,1-2H3. The lowest BCUT2D eigenvalue weighted by Gasteiger charge is -2.10. The minimum absolute atomic E-state index is 0.0428. The second-order valence-corrected chi connectivity index (χ2v) is 6.54. The van der Waals surface area contributed by atoms with Gasteiger partial charge in [0.15, 0.2) is 6.61 Å². The topological polar surface area (TPSA) is 68.5 Å². The highest BCUT2D eigenvalue weighted by Crippen LogP contribution is 2.18. The third kappa shape index (κ3) is 4.28. The van der Waals surface area contributed by atoms with Crippen LogP contribution in [-0.4, -0.2) is 28.0 Å². The van der Waals surface area contributed by atoms with Crippen molar-refractivity contribution in [3.05, 3.63) is 88.5 Å². The molecule has 5 nitrogen and oxygen atoms in total. The number of aromatic nitrogens is 1. The summed E-state index contributed by atoms with van der Waals surface area (Å²) in [4.78, 5) is 24.6. The first-order valence-electron chi connectivity index (χ1n) is 8.75. The summed E-state index contributed by atoms with van der Waals surface area (Å²) in [5.74, 6) is -1.18. The van der Waals surface area contributed by atoms with E-state index in [0.717, 1.165) is 17.0 Å². The smallest absolute Gasteiger partial charge is 0.338 e. The van der Waals surface area contributed by atoms with E-state index in [1.807, 2.05) is 18.4 Å². The van der Waals surface area contributed by atoms with Crippen molar-refractivity contribution in [3.8, 4) is 5.75 Å². The van der Waals surface area contributed by atoms with Crippen molar-refractivity contribution in [2.75, 3.05) is 6.61 Å². The van der Waals surface area contributed by atoms with Gasteiger partial charge in [-0.2, -0.15) is 0 Å². The van der Waals surface area contributed by atoms with Crippen molar-refractivity contribution < 1.29 is 23.8 Å². The first-order chi connectivity index (χ1) is 13.3. The van der Waals surface area contributed by atoms with E-state index in [2.05, 4.69) is 0 Å². The van der Waals surface area contributed by atoms with E-state index in [0.29, 0.717) is 12.1 Å². The van der Waals surface area contributed by atoms with Crippen LogP contribution in [0.3, 0.4) is 0 Å². The molecule has 0 saturated heterocycles. The van der Waals surface area contributed by atoms with E-state index in [1.165, 1.54) is 36.4 Å². The zero-order valence-corrected chi connectivity index (χ0v) is 15.6. The molecule has 1 heterocycles. The fourth-order valence-corrected chi connectivity index (χ4v) is 2.99. The number of ketones is 1. The molecule has 1 aromatic heterocycles. The highest BCUT2D eigenvalue weighted by Gasteiger charge is 2.18. The van der Waals surface area contributed by atoms with E-state index in [9.17, 15) is 19.1 Å². The highest BCUT2D eigenvalue weighted by atomic mass is 19.1. The third-order valence-corrected chi connectivity index (χ3v) is 4.57. The molecule has 0 aliphatic rings. The highest BCUT2D eigenvalue weighted by molar-refractivity contribution is 6.00. The molecule has 0 atom stereocenters. The van der Waals surface area contributed by atoms with E-state index < -0.39 is 5.97 Å². The molecule has 0 spiro atoms. The Labute approximate surface area is 162 Å². The average Bonchev–Trinajstić information content (AvgIpc) is 2.96. The lowest BCUT2D eigenvalue weighted by molar-refractivity contribution is 0.0474. The van der Waals surface area contributed by atoms with Gasteiger partial charge in [-0.05, 0) is 61.9 Å². The van der Waals surface area contributed by atoms with Gasteiger partial charge in [0.1, 0.15) is 11.6 Å². The monoisotopic (exact) mass is 381 g/mol. The fourth-order valence-electron chi connectivity index (χ4n) is 2.99. The van der Waals surface area contributed by atoms with Crippen molar-refractivity contribution in [2.24, 2.45) is 0 Å². The minimum atomic E-state index is -0.631. The summed E-state index contributed by atoms with van der Waals surface area (Å²) in [7, 11) is 0. The lowest BCUT2D eigenvalue weighted by Crippen LogP contribution is -2.15. The maximum absolute atomic E-state index is 13.1. The van der Waals surface area contributed by atoms with Gasteiger partial charge in [0, 0.05) is 23.5 Å². The number of ether oxygens (including phenoxy) is 1. The van der Waals surface area contributed by atoms with Gasteiger partial charge in [0.2, 0.25) is 5.78 Å². The zero-order valence-electron chi connectivity index (χ0n) is 15.6. The Morgan fingerprint density at radius 3 is 2.32 bits per heavy atom. The van der Waals surface area contributed by atoms with E-state index >= 15 is 0 Å². The van der Waals surface area contributed by atoms with Crippen LogP contribution in [0.1, 0.15) is 37.7 Å². The first kappa shape index (κ1) is 19.4. The van der Waals surface area contributed by atoms with Gasteiger partial charge in [-0.1, -0.05) is 12.1 Å². The van der Waals surface area contributed by atoms with Gasteiger partial charge in [-0.15, -0.1) is 0 Å². The number of aromatic hydroxyl groups is 1. The summed E-state index contributed by atoms with van der Waals surface area (Å²) >= 11 is 0. The van der Waals surface area contributed by atoms with Crippen molar-refractivity contribution in [3.63, 3.8) is 0 Å². The van der Waals surface area contributed by atoms with Crippen molar-refractivity contribution in [1.82, 2.24) is 4.57 Å². The van der Waals surface area contributed by atoms with Crippen molar-refractivity contribution in [2.45, 2.75) is 20.4 Å². The van der Waals surface area contributed by atoms with E-state index in [1.54, 1.807) is 18.2 Å². The molecule has 0 amide bonds. The molecule has 0 fully saturated rings. The second-order valence-electron chi connectivity index (χ2n) is 6.54. The number of hydrogen-bond donors (Lipinski definition) is 1. The van der Waals surface area contributed by atoms with E-state index in [-0.39, 0.29) is 29.5 Å². The van der Waals surface area contributed by atoms with Crippen LogP contribution < -0.4 is 0 Å². The van der Waals surface area contributed by atoms with Crippen LogP contribution in [0.2, 0.25) is 0 Å². The molecule has 0 radical (unpaired) electrons. The fraction of sp³-hybridized carbons (Fsp3) is 0.182. The van der Waals surface area contributed by atoms with Crippen LogP contribution >= 0.6 is 0 Å². The van der Waals surface area contributed by atoms with Gasteiger partial charge in [-0.3, -0.25) is 4.79 Å². The number of esters is 1. The van der Waals surface area contributed by atoms with Crippen LogP contribution in [0, 0.1) is 19.7 Å². The Hall–Kier alpha value is -3.41. The summed E-state index contributed by atoms with van der Waals surface area (Å²) in [5, 5.41) is 9.26. The van der Waals surface area contributed by atoms with Crippen molar-refractivity contribution >= 4 is 11.8 Å². The summed E-state index contributed by atoms with van der Waals surface area (Å²) < 4.78 is 20.1. The summed E-state index contributed by atoms with van der Waals surface area (Å²) in [6.07, 6.45) is 0. The first-order valence-corrected chi connectivity index (χ1v) is 8.75. The molecule has 0 unspecified atom stereocenters. The van der Waals surface area contributed by atoms with Gasteiger partial charge in [-0.25, -0.2) is 9.18 Å². The van der Waals surface area contributed by atoms with Crippen molar-refractivity contribution in [1.29, 1.82) is 0 Å². The van der Waals surface area contributed by atoms with Crippen LogP contribution in [0.15, 0.2) is 54.6 Å². The molecule has 0 bridgehead atoms. The molecule has 0 aliphatic carbocycles. The molecule has 144 valence electrons. The zero-order chi connectivity index (χ0) is 20.3. The van der Waals surface area contributed by atoms with E-state index in [4.69, 9.17) is 4.74 Å². The van der Waals surface area contributed by atoms with Gasteiger partial charge in [0.25, 0.3) is 0 Å². The largest absolute Gasteiger partial charge is 0.508 e. The second kappa shape index (κ2) is 8.08. The molecular formula is C22H20FNO4. The number of phenols is 1. The number of phenolic OH excluding ortho intramolecular Hbond substituents is 1. The molecule has 3 aromatic rings. The van der Waals surface area contributed by atoms with Crippen LogP contribution in [0.4, 0.5) is 4.39 Å². The Balaban J connectivity index is 1.69. The van der Waals surface area contributed by atoms with Crippen LogP contribution in [0.25, 0.3) is 0 Å². The Morgan fingerprint density at radius 2 is 1.68 bits per heavy atom. The number of hydrogen-bond acceptors (Lipinski definition) is 4. The molecular weight excluding hydrogens is 361 g/mol. The average molecular weight is 381 g/mol. The number of halogens is 1. The third-order valence-electron chi connectivity index (χ3n) is 4.57. The van der Waals surface area contributed by atoms with Gasteiger partial charge >= 0.3 is 5.97 Å².